The average molecular weight is 297 g/mol. The highest BCUT2D eigenvalue weighted by Gasteiger charge is 2.21. The Morgan fingerprint density at radius 1 is 1.55 bits per heavy atom. The van der Waals surface area contributed by atoms with Crippen LogP contribution in [0.2, 0.25) is 0 Å². The van der Waals surface area contributed by atoms with Crippen molar-refractivity contribution in [3.8, 4) is 0 Å². The lowest BCUT2D eigenvalue weighted by Crippen LogP contribution is -2.36. The van der Waals surface area contributed by atoms with Crippen LogP contribution in [0.15, 0.2) is 18.2 Å². The summed E-state index contributed by atoms with van der Waals surface area (Å²) in [6.45, 7) is 6.90. The zero-order chi connectivity index (χ0) is 14.7. The van der Waals surface area contributed by atoms with Gasteiger partial charge in [0, 0.05) is 24.7 Å². The predicted octanol–water partition coefficient (Wildman–Crippen LogP) is 3.92. The Bertz CT molecular complexity index is 493. The molecule has 0 bridgehead atoms. The summed E-state index contributed by atoms with van der Waals surface area (Å²) < 4.78 is 0. The van der Waals surface area contributed by atoms with Gasteiger partial charge in [0.25, 0.3) is 5.69 Å². The molecule has 0 N–H and O–H groups in total. The summed E-state index contributed by atoms with van der Waals surface area (Å²) in [6, 6.07) is 5.29. The standard InChI is InChI=1S/C15H21ClN2O2/c1-11-4-3-7-17(9-11)10-14(16)13-6-5-12(2)15(8-13)18(19)20/h5-6,8,11,14H,3-4,7,9-10H2,1-2H3. The normalized spacial score (nSPS) is 21.6. The van der Waals surface area contributed by atoms with Crippen LogP contribution in [0, 0.1) is 23.0 Å². The molecule has 0 amide bonds. The number of hydrogen-bond acceptors (Lipinski definition) is 3. The topological polar surface area (TPSA) is 46.4 Å². The van der Waals surface area contributed by atoms with Crippen molar-refractivity contribution in [3.63, 3.8) is 0 Å². The molecule has 5 heteroatoms. The third-order valence-corrected chi connectivity index (χ3v) is 4.34. The fourth-order valence-corrected chi connectivity index (χ4v) is 3.13. The van der Waals surface area contributed by atoms with E-state index in [2.05, 4.69) is 11.8 Å². The summed E-state index contributed by atoms with van der Waals surface area (Å²) in [5.41, 5.74) is 1.66. The van der Waals surface area contributed by atoms with Crippen LogP contribution in [0.4, 0.5) is 5.69 Å². The smallest absolute Gasteiger partial charge is 0.272 e. The highest BCUT2D eigenvalue weighted by atomic mass is 35.5. The van der Waals surface area contributed by atoms with Crippen molar-refractivity contribution in [2.45, 2.75) is 32.1 Å². The van der Waals surface area contributed by atoms with E-state index in [1.807, 2.05) is 6.07 Å². The minimum absolute atomic E-state index is 0.153. The van der Waals surface area contributed by atoms with Gasteiger partial charge in [-0.3, -0.25) is 10.1 Å². The van der Waals surface area contributed by atoms with E-state index in [0.29, 0.717) is 11.5 Å². The Balaban J connectivity index is 2.07. The van der Waals surface area contributed by atoms with E-state index < -0.39 is 0 Å². The Kier molecular flexibility index (Phi) is 5.00. The SMILES string of the molecule is Cc1ccc(C(Cl)CN2CCCC(C)C2)cc1[N+](=O)[O-]. The lowest BCUT2D eigenvalue weighted by molar-refractivity contribution is -0.385. The second kappa shape index (κ2) is 6.55. The minimum Gasteiger partial charge on any atom is -0.301 e. The molecule has 2 unspecified atom stereocenters. The molecule has 1 aromatic rings. The molecular weight excluding hydrogens is 276 g/mol. The third-order valence-electron chi connectivity index (χ3n) is 3.95. The van der Waals surface area contributed by atoms with Crippen LogP contribution in [0.25, 0.3) is 0 Å². The molecule has 0 aliphatic carbocycles. The number of nitro groups is 1. The van der Waals surface area contributed by atoms with Gasteiger partial charge in [0.1, 0.15) is 0 Å². The molecule has 0 spiro atoms. The van der Waals surface area contributed by atoms with Gasteiger partial charge in [0.2, 0.25) is 0 Å². The predicted molar refractivity (Wildman–Crippen MR) is 81.3 cm³/mol. The van der Waals surface area contributed by atoms with Gasteiger partial charge in [-0.2, -0.15) is 0 Å². The Hall–Kier alpha value is -1.13. The molecular formula is C15H21ClN2O2. The summed E-state index contributed by atoms with van der Waals surface area (Å²) in [6.07, 6.45) is 2.48. The minimum atomic E-state index is -0.342. The summed E-state index contributed by atoms with van der Waals surface area (Å²) in [7, 11) is 0. The van der Waals surface area contributed by atoms with E-state index >= 15 is 0 Å². The number of halogens is 1. The van der Waals surface area contributed by atoms with Crippen molar-refractivity contribution in [2.24, 2.45) is 5.92 Å². The molecule has 0 saturated carbocycles. The fourth-order valence-electron chi connectivity index (χ4n) is 2.80. The van der Waals surface area contributed by atoms with Crippen molar-refractivity contribution in [3.05, 3.63) is 39.4 Å². The molecule has 1 saturated heterocycles. The maximum Gasteiger partial charge on any atom is 0.272 e. The lowest BCUT2D eigenvalue weighted by atomic mass is 9.99. The molecule has 1 aliphatic heterocycles. The molecule has 20 heavy (non-hydrogen) atoms. The van der Waals surface area contributed by atoms with Gasteiger partial charge in [0.05, 0.1) is 10.3 Å². The first kappa shape index (κ1) is 15.3. The largest absolute Gasteiger partial charge is 0.301 e. The van der Waals surface area contributed by atoms with Crippen LogP contribution in [0.1, 0.15) is 36.3 Å². The molecule has 4 nitrogen and oxygen atoms in total. The maximum atomic E-state index is 11.0. The number of rotatable bonds is 4. The molecule has 1 fully saturated rings. The number of piperidine rings is 1. The van der Waals surface area contributed by atoms with Gasteiger partial charge in [-0.1, -0.05) is 19.1 Å². The first-order valence-corrected chi connectivity index (χ1v) is 7.52. The monoisotopic (exact) mass is 296 g/mol. The van der Waals surface area contributed by atoms with E-state index in [-0.39, 0.29) is 16.0 Å². The van der Waals surface area contributed by atoms with E-state index in [4.69, 9.17) is 11.6 Å². The lowest BCUT2D eigenvalue weighted by Gasteiger charge is -2.32. The summed E-state index contributed by atoms with van der Waals surface area (Å²) in [5.74, 6) is 0.708. The number of likely N-dealkylation sites (tertiary alicyclic amines) is 1. The summed E-state index contributed by atoms with van der Waals surface area (Å²) in [5, 5.41) is 10.8. The molecule has 2 rings (SSSR count). The number of aryl methyl sites for hydroxylation is 1. The zero-order valence-electron chi connectivity index (χ0n) is 12.0. The third kappa shape index (κ3) is 3.70. The van der Waals surface area contributed by atoms with Crippen LogP contribution >= 0.6 is 11.6 Å². The quantitative estimate of drug-likeness (QED) is 0.481. The number of hydrogen-bond donors (Lipinski definition) is 0. The zero-order valence-corrected chi connectivity index (χ0v) is 12.8. The molecule has 1 heterocycles. The number of nitro benzene ring substituents is 1. The average Bonchev–Trinajstić information content (AvgIpc) is 2.38. The summed E-state index contributed by atoms with van der Waals surface area (Å²) in [4.78, 5) is 13.0. The molecule has 0 radical (unpaired) electrons. The summed E-state index contributed by atoms with van der Waals surface area (Å²) >= 11 is 6.45. The van der Waals surface area contributed by atoms with Crippen molar-refractivity contribution in [2.75, 3.05) is 19.6 Å². The van der Waals surface area contributed by atoms with Crippen LogP contribution in [-0.2, 0) is 0 Å². The van der Waals surface area contributed by atoms with Crippen LogP contribution in [0.5, 0.6) is 0 Å². The highest BCUT2D eigenvalue weighted by molar-refractivity contribution is 6.21. The van der Waals surface area contributed by atoms with Gasteiger partial charge in [-0.05, 0) is 37.8 Å². The van der Waals surface area contributed by atoms with Crippen molar-refractivity contribution in [1.29, 1.82) is 0 Å². The van der Waals surface area contributed by atoms with Crippen molar-refractivity contribution < 1.29 is 4.92 Å². The van der Waals surface area contributed by atoms with E-state index in [1.165, 1.54) is 12.8 Å². The number of alkyl halides is 1. The van der Waals surface area contributed by atoms with Gasteiger partial charge >= 0.3 is 0 Å². The second-order valence-corrected chi connectivity index (χ2v) is 6.30. The highest BCUT2D eigenvalue weighted by Crippen LogP contribution is 2.28. The van der Waals surface area contributed by atoms with Crippen LogP contribution in [-0.4, -0.2) is 29.5 Å². The van der Waals surface area contributed by atoms with Crippen molar-refractivity contribution in [1.82, 2.24) is 4.90 Å². The van der Waals surface area contributed by atoms with Crippen LogP contribution in [0.3, 0.4) is 0 Å². The molecule has 0 aromatic heterocycles. The van der Waals surface area contributed by atoms with E-state index in [9.17, 15) is 10.1 Å². The number of nitrogens with zero attached hydrogens (tertiary/aromatic N) is 2. The second-order valence-electron chi connectivity index (χ2n) is 5.78. The van der Waals surface area contributed by atoms with Crippen LogP contribution < -0.4 is 0 Å². The Morgan fingerprint density at radius 2 is 2.30 bits per heavy atom. The Morgan fingerprint density at radius 3 is 2.95 bits per heavy atom. The molecule has 2 atom stereocenters. The van der Waals surface area contributed by atoms with Gasteiger partial charge in [0.15, 0.2) is 0 Å². The Labute approximate surface area is 124 Å². The van der Waals surface area contributed by atoms with Gasteiger partial charge in [-0.25, -0.2) is 0 Å². The first-order valence-electron chi connectivity index (χ1n) is 7.08. The molecule has 1 aliphatic rings. The van der Waals surface area contributed by atoms with E-state index in [0.717, 1.165) is 25.2 Å². The number of benzene rings is 1. The van der Waals surface area contributed by atoms with Crippen molar-refractivity contribution >= 4 is 17.3 Å². The molecule has 110 valence electrons. The maximum absolute atomic E-state index is 11.0. The fraction of sp³-hybridized carbons (Fsp3) is 0.600. The first-order chi connectivity index (χ1) is 9.47. The molecule has 1 aromatic carbocycles. The van der Waals surface area contributed by atoms with Gasteiger partial charge < -0.3 is 4.90 Å². The van der Waals surface area contributed by atoms with Gasteiger partial charge in [-0.15, -0.1) is 11.6 Å². The van der Waals surface area contributed by atoms with E-state index in [1.54, 1.807) is 19.1 Å².